The Kier molecular flexibility index (Phi) is 4.18. The molecular weight excluding hydrogens is 214 g/mol. The third kappa shape index (κ3) is 3.32. The van der Waals surface area contributed by atoms with Crippen molar-refractivity contribution in [3.63, 3.8) is 0 Å². The van der Waals surface area contributed by atoms with Gasteiger partial charge in [-0.05, 0) is 19.8 Å². The number of nitrogens with one attached hydrogen (secondary N) is 2. The van der Waals surface area contributed by atoms with Crippen molar-refractivity contribution < 1.29 is 4.79 Å². The molecular formula is C13H21N3O. The molecule has 1 aromatic heterocycles. The topological polar surface area (TPSA) is 57.8 Å². The van der Waals surface area contributed by atoms with Gasteiger partial charge in [0, 0.05) is 11.7 Å². The maximum atomic E-state index is 12.0. The number of hydrogen-bond donors (Lipinski definition) is 2. The van der Waals surface area contributed by atoms with Gasteiger partial charge in [0.15, 0.2) is 0 Å². The molecule has 0 unspecified atom stereocenters. The van der Waals surface area contributed by atoms with Crippen molar-refractivity contribution in [2.75, 3.05) is 0 Å². The zero-order valence-corrected chi connectivity index (χ0v) is 10.5. The van der Waals surface area contributed by atoms with Crippen LogP contribution in [0.4, 0.5) is 0 Å². The Morgan fingerprint density at radius 1 is 1.29 bits per heavy atom. The molecule has 0 spiro atoms. The SMILES string of the molecule is Cc1[nH]ncc1C(=O)NC1CCCCCCC1. The standard InChI is InChI=1S/C13H21N3O/c1-10-12(9-14-16-10)13(17)15-11-7-5-3-2-4-6-8-11/h9,11H,2-8H2,1H3,(H,14,16)(H,15,17). The molecule has 4 nitrogen and oxygen atoms in total. The van der Waals surface area contributed by atoms with Gasteiger partial charge in [-0.2, -0.15) is 5.10 Å². The van der Waals surface area contributed by atoms with Crippen molar-refractivity contribution in [2.24, 2.45) is 0 Å². The van der Waals surface area contributed by atoms with Gasteiger partial charge in [0.2, 0.25) is 0 Å². The Labute approximate surface area is 102 Å². The predicted molar refractivity (Wildman–Crippen MR) is 66.9 cm³/mol. The van der Waals surface area contributed by atoms with E-state index in [9.17, 15) is 4.79 Å². The summed E-state index contributed by atoms with van der Waals surface area (Å²) in [6.07, 6.45) is 10.2. The Hall–Kier alpha value is -1.32. The number of nitrogens with zero attached hydrogens (tertiary/aromatic N) is 1. The molecule has 1 aromatic rings. The first-order chi connectivity index (χ1) is 8.27. The molecule has 1 heterocycles. The van der Waals surface area contributed by atoms with Gasteiger partial charge in [0.1, 0.15) is 0 Å². The fraction of sp³-hybridized carbons (Fsp3) is 0.692. The second kappa shape index (κ2) is 5.84. The van der Waals surface area contributed by atoms with Crippen molar-refractivity contribution in [2.45, 2.75) is 57.9 Å². The number of carbonyl (C=O) groups excluding carboxylic acids is 1. The lowest BCUT2D eigenvalue weighted by Gasteiger charge is -2.20. The maximum absolute atomic E-state index is 12.0. The van der Waals surface area contributed by atoms with Gasteiger partial charge in [-0.3, -0.25) is 9.89 Å². The first-order valence-electron chi connectivity index (χ1n) is 6.58. The molecule has 2 N–H and O–H groups in total. The lowest BCUT2D eigenvalue weighted by molar-refractivity contribution is 0.0930. The molecule has 0 atom stereocenters. The van der Waals surface area contributed by atoms with E-state index in [4.69, 9.17) is 0 Å². The molecule has 17 heavy (non-hydrogen) atoms. The van der Waals surface area contributed by atoms with Crippen molar-refractivity contribution >= 4 is 5.91 Å². The predicted octanol–water partition coefficient (Wildman–Crippen LogP) is 2.56. The smallest absolute Gasteiger partial charge is 0.254 e. The van der Waals surface area contributed by atoms with Crippen LogP contribution >= 0.6 is 0 Å². The van der Waals surface area contributed by atoms with E-state index >= 15 is 0 Å². The highest BCUT2D eigenvalue weighted by atomic mass is 16.1. The monoisotopic (exact) mass is 235 g/mol. The minimum atomic E-state index is 0.0156. The van der Waals surface area contributed by atoms with Gasteiger partial charge in [-0.1, -0.05) is 32.1 Å². The van der Waals surface area contributed by atoms with Crippen LogP contribution in [0.3, 0.4) is 0 Å². The number of aryl methyl sites for hydroxylation is 1. The fourth-order valence-electron chi connectivity index (χ4n) is 2.44. The highest BCUT2D eigenvalue weighted by Gasteiger charge is 2.17. The van der Waals surface area contributed by atoms with Crippen LogP contribution in [-0.4, -0.2) is 22.1 Å². The summed E-state index contributed by atoms with van der Waals surface area (Å²) in [5, 5.41) is 9.81. The minimum absolute atomic E-state index is 0.0156. The molecule has 1 amide bonds. The third-order valence-corrected chi connectivity index (χ3v) is 3.51. The second-order valence-electron chi connectivity index (χ2n) is 4.92. The third-order valence-electron chi connectivity index (χ3n) is 3.51. The molecule has 0 bridgehead atoms. The van der Waals surface area contributed by atoms with E-state index in [1.165, 1.54) is 32.1 Å². The van der Waals surface area contributed by atoms with E-state index in [0.29, 0.717) is 11.6 Å². The molecule has 1 saturated carbocycles. The van der Waals surface area contributed by atoms with E-state index in [-0.39, 0.29) is 5.91 Å². The van der Waals surface area contributed by atoms with Crippen LogP contribution in [0.1, 0.15) is 61.0 Å². The molecule has 0 aliphatic heterocycles. The number of H-pyrrole nitrogens is 1. The van der Waals surface area contributed by atoms with Crippen molar-refractivity contribution in [3.8, 4) is 0 Å². The van der Waals surface area contributed by atoms with Gasteiger partial charge >= 0.3 is 0 Å². The Morgan fingerprint density at radius 3 is 2.53 bits per heavy atom. The van der Waals surface area contributed by atoms with Crippen molar-refractivity contribution in [1.82, 2.24) is 15.5 Å². The van der Waals surface area contributed by atoms with Crippen LogP contribution in [-0.2, 0) is 0 Å². The molecule has 1 aliphatic rings. The first-order valence-corrected chi connectivity index (χ1v) is 6.58. The number of hydrogen-bond acceptors (Lipinski definition) is 2. The van der Waals surface area contributed by atoms with Crippen LogP contribution in [0.25, 0.3) is 0 Å². The summed E-state index contributed by atoms with van der Waals surface area (Å²) >= 11 is 0. The molecule has 1 aliphatic carbocycles. The van der Waals surface area contributed by atoms with E-state index < -0.39 is 0 Å². The van der Waals surface area contributed by atoms with Gasteiger partial charge in [0.25, 0.3) is 5.91 Å². The number of carbonyl (C=O) groups is 1. The molecule has 4 heteroatoms. The van der Waals surface area contributed by atoms with Gasteiger partial charge < -0.3 is 5.32 Å². The first kappa shape index (κ1) is 12.1. The Bertz CT molecular complexity index is 364. The number of amides is 1. The van der Waals surface area contributed by atoms with Crippen LogP contribution < -0.4 is 5.32 Å². The molecule has 1 fully saturated rings. The summed E-state index contributed by atoms with van der Waals surface area (Å²) in [6.45, 7) is 1.88. The summed E-state index contributed by atoms with van der Waals surface area (Å²) in [4.78, 5) is 12.0. The molecule has 94 valence electrons. The van der Waals surface area contributed by atoms with Crippen LogP contribution in [0.5, 0.6) is 0 Å². The zero-order chi connectivity index (χ0) is 12.1. The Morgan fingerprint density at radius 2 is 1.94 bits per heavy atom. The summed E-state index contributed by atoms with van der Waals surface area (Å²) in [5.41, 5.74) is 1.51. The van der Waals surface area contributed by atoms with E-state index in [2.05, 4.69) is 15.5 Å². The molecule has 2 rings (SSSR count). The van der Waals surface area contributed by atoms with Crippen molar-refractivity contribution in [1.29, 1.82) is 0 Å². The summed E-state index contributed by atoms with van der Waals surface area (Å²) < 4.78 is 0. The van der Waals surface area contributed by atoms with E-state index in [1.807, 2.05) is 6.92 Å². The van der Waals surface area contributed by atoms with Gasteiger partial charge in [-0.15, -0.1) is 0 Å². The van der Waals surface area contributed by atoms with Crippen LogP contribution in [0.2, 0.25) is 0 Å². The van der Waals surface area contributed by atoms with Gasteiger partial charge in [0.05, 0.1) is 11.8 Å². The highest BCUT2D eigenvalue weighted by Crippen LogP contribution is 2.17. The van der Waals surface area contributed by atoms with Gasteiger partial charge in [-0.25, -0.2) is 0 Å². The largest absolute Gasteiger partial charge is 0.349 e. The normalized spacial score (nSPS) is 18.4. The number of aromatic amines is 1. The zero-order valence-electron chi connectivity index (χ0n) is 10.5. The molecule has 0 radical (unpaired) electrons. The molecule has 0 aromatic carbocycles. The van der Waals surface area contributed by atoms with Crippen molar-refractivity contribution in [3.05, 3.63) is 17.5 Å². The summed E-state index contributed by atoms with van der Waals surface area (Å²) in [5.74, 6) is 0.0156. The fourth-order valence-corrected chi connectivity index (χ4v) is 2.44. The lowest BCUT2D eigenvalue weighted by Crippen LogP contribution is -2.35. The Balaban J connectivity index is 1.91. The second-order valence-corrected chi connectivity index (χ2v) is 4.92. The average molecular weight is 235 g/mol. The van der Waals surface area contributed by atoms with E-state index in [1.54, 1.807) is 6.20 Å². The van der Waals surface area contributed by atoms with Crippen LogP contribution in [0.15, 0.2) is 6.20 Å². The quantitative estimate of drug-likeness (QED) is 0.827. The highest BCUT2D eigenvalue weighted by molar-refractivity contribution is 5.95. The number of aromatic nitrogens is 2. The lowest BCUT2D eigenvalue weighted by atomic mass is 9.96. The average Bonchev–Trinajstić information content (AvgIpc) is 2.68. The summed E-state index contributed by atoms with van der Waals surface area (Å²) in [7, 11) is 0. The minimum Gasteiger partial charge on any atom is -0.349 e. The number of rotatable bonds is 2. The van der Waals surface area contributed by atoms with E-state index in [0.717, 1.165) is 18.5 Å². The molecule has 0 saturated heterocycles. The summed E-state index contributed by atoms with van der Waals surface area (Å²) in [6, 6.07) is 0.345. The van der Waals surface area contributed by atoms with Crippen LogP contribution in [0, 0.1) is 6.92 Å². The maximum Gasteiger partial charge on any atom is 0.254 e.